The van der Waals surface area contributed by atoms with E-state index < -0.39 is 5.97 Å². The monoisotopic (exact) mass is 558 g/mol. The second-order valence-electron chi connectivity index (χ2n) is 10.9. The summed E-state index contributed by atoms with van der Waals surface area (Å²) in [7, 11) is 1.71. The van der Waals surface area contributed by atoms with Gasteiger partial charge in [-0.2, -0.15) is 5.26 Å². The van der Waals surface area contributed by atoms with E-state index in [0.717, 1.165) is 64.8 Å². The van der Waals surface area contributed by atoms with Crippen molar-refractivity contribution in [1.82, 2.24) is 9.88 Å². The lowest BCUT2D eigenvalue weighted by Gasteiger charge is -2.35. The first-order chi connectivity index (χ1) is 19.2. The van der Waals surface area contributed by atoms with Crippen LogP contribution in [-0.2, 0) is 11.4 Å². The van der Waals surface area contributed by atoms with Crippen molar-refractivity contribution in [2.24, 2.45) is 17.8 Å². The van der Waals surface area contributed by atoms with Crippen LogP contribution in [0.25, 0.3) is 11.3 Å². The number of piperidine rings is 1. The highest BCUT2D eigenvalue weighted by Crippen LogP contribution is 2.44. The van der Waals surface area contributed by atoms with Gasteiger partial charge in [0, 0.05) is 43.2 Å². The number of aromatic nitrogens is 1. The number of aryl methyl sites for hydroxylation is 2. The molecule has 2 heterocycles. The second kappa shape index (κ2) is 11.7. The molecule has 0 spiro atoms. The molecule has 9 heteroatoms. The molecule has 8 nitrogen and oxygen atoms in total. The fraction of sp³-hybridized carbons (Fsp3) is 0.419. The lowest BCUT2D eigenvalue weighted by atomic mass is 9.85. The maximum atomic E-state index is 12.7. The van der Waals surface area contributed by atoms with Gasteiger partial charge < -0.3 is 19.6 Å². The molecule has 5 rings (SSSR count). The summed E-state index contributed by atoms with van der Waals surface area (Å²) < 4.78 is 6.31. The predicted molar refractivity (Wildman–Crippen MR) is 155 cm³/mol. The van der Waals surface area contributed by atoms with Gasteiger partial charge in [0.15, 0.2) is 5.13 Å². The van der Waals surface area contributed by atoms with Crippen molar-refractivity contribution in [3.8, 4) is 23.1 Å². The Labute approximate surface area is 238 Å². The van der Waals surface area contributed by atoms with Gasteiger partial charge in [0.05, 0.1) is 24.1 Å². The number of anilines is 1. The lowest BCUT2D eigenvalue weighted by Crippen LogP contribution is -2.44. The van der Waals surface area contributed by atoms with E-state index in [1.165, 1.54) is 0 Å². The van der Waals surface area contributed by atoms with Gasteiger partial charge in [-0.05, 0) is 73.9 Å². The molecular formula is C31H34N4O4S. The molecule has 2 fully saturated rings. The first-order valence-electron chi connectivity index (χ1n) is 13.6. The normalized spacial score (nSPS) is 19.8. The number of amides is 1. The third-order valence-corrected chi connectivity index (χ3v) is 9.07. The van der Waals surface area contributed by atoms with E-state index in [2.05, 4.69) is 22.4 Å². The molecular weight excluding hydrogens is 524 g/mol. The standard InChI is InChI=1S/C31H34N4O4S/c1-19-5-10-27(39-17-24-9-6-21(14-20(24)2)29(36)34(3)12-4-11-32)25(13-19)26-18-40-31(33-26)35-15-22-7-8-23(16-35)28(22)30(37)38/h5-6,9-10,13-14,18,22-23,28H,4,7-8,12,15-17H2,1-3H3,(H,37,38)/t22-,23?,28?/m0/s1. The zero-order valence-electron chi connectivity index (χ0n) is 23.1. The molecule has 1 aliphatic carbocycles. The Hall–Kier alpha value is -3.90. The molecule has 2 aliphatic rings. The number of carbonyl (C=O) groups excluding carboxylic acids is 1. The first kappa shape index (κ1) is 27.7. The molecule has 1 saturated heterocycles. The summed E-state index contributed by atoms with van der Waals surface area (Å²) in [6.07, 6.45) is 2.24. The van der Waals surface area contributed by atoms with Crippen molar-refractivity contribution in [2.45, 2.75) is 39.7 Å². The van der Waals surface area contributed by atoms with E-state index in [4.69, 9.17) is 15.0 Å². The third kappa shape index (κ3) is 5.68. The smallest absolute Gasteiger partial charge is 0.307 e. The number of nitrogens with zero attached hydrogens (tertiary/aromatic N) is 4. The van der Waals surface area contributed by atoms with E-state index in [1.54, 1.807) is 29.4 Å². The number of rotatable bonds is 9. The summed E-state index contributed by atoms with van der Waals surface area (Å²) in [4.78, 5) is 33.2. The number of aliphatic carboxylic acids is 1. The average molecular weight is 559 g/mol. The minimum Gasteiger partial charge on any atom is -0.488 e. The first-order valence-corrected chi connectivity index (χ1v) is 14.5. The number of hydrogen-bond acceptors (Lipinski definition) is 7. The van der Waals surface area contributed by atoms with Gasteiger partial charge in [-0.3, -0.25) is 9.59 Å². The molecule has 40 heavy (non-hydrogen) atoms. The van der Waals surface area contributed by atoms with Crippen molar-refractivity contribution >= 4 is 28.3 Å². The molecule has 3 aromatic rings. The molecule has 1 saturated carbocycles. The number of thiazole rings is 1. The molecule has 208 valence electrons. The van der Waals surface area contributed by atoms with Gasteiger partial charge >= 0.3 is 5.97 Å². The van der Waals surface area contributed by atoms with Crippen LogP contribution in [0.4, 0.5) is 5.13 Å². The molecule has 0 radical (unpaired) electrons. The zero-order chi connectivity index (χ0) is 28.4. The number of fused-ring (bicyclic) bond motifs is 2. The van der Waals surface area contributed by atoms with Crippen LogP contribution in [0.5, 0.6) is 5.75 Å². The van der Waals surface area contributed by atoms with Crippen LogP contribution in [0.1, 0.15) is 46.3 Å². The zero-order valence-corrected chi connectivity index (χ0v) is 23.9. The molecule has 1 aromatic heterocycles. The minimum absolute atomic E-state index is 0.105. The highest BCUT2D eigenvalue weighted by molar-refractivity contribution is 7.14. The Morgan fingerprint density at radius 2 is 1.93 bits per heavy atom. The number of carbonyl (C=O) groups is 2. The van der Waals surface area contributed by atoms with Crippen molar-refractivity contribution in [1.29, 1.82) is 5.26 Å². The fourth-order valence-electron chi connectivity index (χ4n) is 5.97. The van der Waals surface area contributed by atoms with Gasteiger partial charge in [0.2, 0.25) is 0 Å². The maximum absolute atomic E-state index is 12.7. The molecule has 3 atom stereocenters. The van der Waals surface area contributed by atoms with Crippen LogP contribution >= 0.6 is 11.3 Å². The van der Waals surface area contributed by atoms with E-state index in [-0.39, 0.29) is 23.7 Å². The molecule has 2 bridgehead atoms. The lowest BCUT2D eigenvalue weighted by molar-refractivity contribution is -0.144. The number of nitriles is 1. The van der Waals surface area contributed by atoms with E-state index in [9.17, 15) is 14.7 Å². The highest BCUT2D eigenvalue weighted by Gasteiger charge is 2.46. The number of benzene rings is 2. The highest BCUT2D eigenvalue weighted by atomic mass is 32.1. The Morgan fingerprint density at radius 1 is 1.18 bits per heavy atom. The van der Waals surface area contributed by atoms with Gasteiger partial charge in [0.25, 0.3) is 5.91 Å². The quantitative estimate of drug-likeness (QED) is 0.368. The SMILES string of the molecule is Cc1ccc(OCc2ccc(C(=O)N(C)CCC#N)cc2C)c(-c2csc(N3CC4CC[C@@H](C3)C4C(=O)O)n2)c1. The van der Waals surface area contributed by atoms with Crippen LogP contribution in [0.2, 0.25) is 0 Å². The van der Waals surface area contributed by atoms with Crippen molar-refractivity contribution < 1.29 is 19.4 Å². The Balaban J connectivity index is 1.30. The van der Waals surface area contributed by atoms with Crippen LogP contribution < -0.4 is 9.64 Å². The van der Waals surface area contributed by atoms with E-state index >= 15 is 0 Å². The maximum Gasteiger partial charge on any atom is 0.307 e. The number of hydrogen-bond donors (Lipinski definition) is 1. The van der Waals surface area contributed by atoms with Gasteiger partial charge in [-0.25, -0.2) is 4.98 Å². The van der Waals surface area contributed by atoms with Gasteiger partial charge in [-0.15, -0.1) is 11.3 Å². The van der Waals surface area contributed by atoms with Crippen LogP contribution in [0.15, 0.2) is 41.8 Å². The largest absolute Gasteiger partial charge is 0.488 e. The summed E-state index contributed by atoms with van der Waals surface area (Å²) in [5.74, 6) is 0.114. The number of carboxylic acids is 1. The summed E-state index contributed by atoms with van der Waals surface area (Å²) in [5, 5.41) is 21.4. The topological polar surface area (TPSA) is 107 Å². The number of carboxylic acid groups (broad SMARTS) is 1. The molecule has 1 aliphatic heterocycles. The van der Waals surface area contributed by atoms with Crippen molar-refractivity contribution in [3.63, 3.8) is 0 Å². The minimum atomic E-state index is -0.659. The number of ether oxygens (including phenoxy) is 1. The average Bonchev–Trinajstić information content (AvgIpc) is 3.54. The van der Waals surface area contributed by atoms with Crippen LogP contribution in [-0.4, -0.2) is 53.5 Å². The fourth-order valence-corrected chi connectivity index (χ4v) is 6.82. The van der Waals surface area contributed by atoms with Crippen molar-refractivity contribution in [3.05, 3.63) is 64.0 Å². The Morgan fingerprint density at radius 3 is 2.60 bits per heavy atom. The molecule has 1 amide bonds. The van der Waals surface area contributed by atoms with Gasteiger partial charge in [-0.1, -0.05) is 17.7 Å². The summed E-state index contributed by atoms with van der Waals surface area (Å²) in [6.45, 7) is 6.24. The Kier molecular flexibility index (Phi) is 8.08. The third-order valence-electron chi connectivity index (χ3n) is 8.17. The molecule has 2 unspecified atom stereocenters. The van der Waals surface area contributed by atoms with Crippen LogP contribution in [0, 0.1) is 42.9 Å². The van der Waals surface area contributed by atoms with Gasteiger partial charge in [0.1, 0.15) is 12.4 Å². The summed E-state index contributed by atoms with van der Waals surface area (Å²) in [6, 6.07) is 13.7. The van der Waals surface area contributed by atoms with E-state index in [1.807, 2.05) is 38.1 Å². The Bertz CT molecular complexity index is 1450. The molecule has 2 aromatic carbocycles. The summed E-state index contributed by atoms with van der Waals surface area (Å²) in [5.41, 5.74) is 5.42. The summed E-state index contributed by atoms with van der Waals surface area (Å²) >= 11 is 1.59. The predicted octanol–water partition coefficient (Wildman–Crippen LogP) is 5.54. The molecule has 1 N–H and O–H groups in total. The second-order valence-corrected chi connectivity index (χ2v) is 11.8. The van der Waals surface area contributed by atoms with Crippen molar-refractivity contribution in [2.75, 3.05) is 31.6 Å². The van der Waals surface area contributed by atoms with E-state index in [0.29, 0.717) is 25.1 Å². The van der Waals surface area contributed by atoms with Crippen LogP contribution in [0.3, 0.4) is 0 Å².